The molecule has 0 aliphatic heterocycles. The topological polar surface area (TPSA) is 89.8 Å². The van der Waals surface area contributed by atoms with E-state index in [0.29, 0.717) is 22.9 Å². The molecule has 0 fully saturated rings. The third-order valence-corrected chi connectivity index (χ3v) is 5.62. The molecule has 3 heterocycles. The Kier molecular flexibility index (Phi) is 8.86. The van der Waals surface area contributed by atoms with Gasteiger partial charge in [0.15, 0.2) is 11.2 Å². The van der Waals surface area contributed by atoms with Gasteiger partial charge < -0.3 is 9.97 Å². The fourth-order valence-electron chi connectivity index (χ4n) is 3.77. The molecule has 1 N–H and O–H groups in total. The summed E-state index contributed by atoms with van der Waals surface area (Å²) < 4.78 is 0. The Labute approximate surface area is 223 Å². The van der Waals surface area contributed by atoms with Crippen molar-refractivity contribution in [3.05, 3.63) is 117 Å². The Balaban J connectivity index is 0.000000203. The minimum Gasteiger partial charge on any atom is -0.398 e. The van der Waals surface area contributed by atoms with E-state index in [1.165, 1.54) is 16.5 Å². The van der Waals surface area contributed by atoms with Crippen LogP contribution in [0.4, 0.5) is 0 Å². The van der Waals surface area contributed by atoms with Gasteiger partial charge in [-0.25, -0.2) is 0 Å². The molecule has 5 rings (SSSR count). The molecular weight excluding hydrogens is 629 g/mol. The molecule has 0 aliphatic rings. The molecule has 0 saturated carbocycles. The van der Waals surface area contributed by atoms with Gasteiger partial charge in [-0.1, -0.05) is 56.7 Å². The van der Waals surface area contributed by atoms with E-state index in [2.05, 4.69) is 78.2 Å². The molecule has 2 aromatic carbocycles. The van der Waals surface area contributed by atoms with E-state index in [-0.39, 0.29) is 20.1 Å². The van der Waals surface area contributed by atoms with Crippen LogP contribution >= 0.6 is 0 Å². The number of rotatable bonds is 3. The van der Waals surface area contributed by atoms with Gasteiger partial charge in [-0.15, -0.1) is 35.4 Å². The fraction of sp³-hybridized carbons (Fsp3) is 0.172. The number of fused-ring (bicyclic) bond motifs is 1. The summed E-state index contributed by atoms with van der Waals surface area (Å²) in [5, 5.41) is 1.20. The van der Waals surface area contributed by atoms with Gasteiger partial charge >= 0.3 is 0 Å². The van der Waals surface area contributed by atoms with Crippen molar-refractivity contribution in [2.45, 2.75) is 33.6 Å². The summed E-state index contributed by atoms with van der Waals surface area (Å²) in [6.07, 6.45) is 1.59. The van der Waals surface area contributed by atoms with Crippen molar-refractivity contribution in [3.8, 4) is 22.6 Å². The van der Waals surface area contributed by atoms with Crippen LogP contribution in [-0.4, -0.2) is 15.0 Å². The van der Waals surface area contributed by atoms with Crippen molar-refractivity contribution >= 4 is 10.9 Å². The van der Waals surface area contributed by atoms with Gasteiger partial charge in [-0.05, 0) is 53.4 Å². The smallest absolute Gasteiger partial charge is 0.174 e. The number of aromatic amines is 1. The summed E-state index contributed by atoms with van der Waals surface area (Å²) >= 11 is 0. The number of aromatic nitrogens is 4. The molecule has 0 atom stereocenters. The minimum absolute atomic E-state index is 0. The van der Waals surface area contributed by atoms with Crippen LogP contribution in [0.25, 0.3) is 33.5 Å². The first-order chi connectivity index (χ1) is 16.8. The maximum atomic E-state index is 11.3. The largest absolute Gasteiger partial charge is 0.398 e. The number of hydrogen-bond donors (Lipinski definition) is 1. The van der Waals surface area contributed by atoms with Crippen LogP contribution in [0.2, 0.25) is 0 Å². The maximum absolute atomic E-state index is 11.3. The first-order valence-electron chi connectivity index (χ1n) is 11.4. The van der Waals surface area contributed by atoms with Crippen LogP contribution in [-0.2, 0) is 20.1 Å². The zero-order chi connectivity index (χ0) is 24.9. The normalized spacial score (nSPS) is 10.5. The van der Waals surface area contributed by atoms with Crippen molar-refractivity contribution in [3.63, 3.8) is 0 Å². The molecule has 0 bridgehead atoms. The number of H-pyrrole nitrogens is 1. The van der Waals surface area contributed by atoms with E-state index in [1.54, 1.807) is 31.3 Å². The van der Waals surface area contributed by atoms with Crippen molar-refractivity contribution < 1.29 is 20.1 Å². The van der Waals surface area contributed by atoms with E-state index >= 15 is 0 Å². The fourth-order valence-corrected chi connectivity index (χ4v) is 3.77. The summed E-state index contributed by atoms with van der Waals surface area (Å²) in [7, 11) is 0. The Bertz CT molecular complexity index is 1590. The molecular formula is C29H26IrN4O2-2. The summed E-state index contributed by atoms with van der Waals surface area (Å²) in [6.45, 7) is 8.14. The second kappa shape index (κ2) is 11.8. The quantitative estimate of drug-likeness (QED) is 0.271. The monoisotopic (exact) mass is 655 g/mol. The van der Waals surface area contributed by atoms with Gasteiger partial charge in [-0.3, -0.25) is 19.6 Å². The number of hydrogen-bond acceptors (Lipinski definition) is 4. The standard InChI is InChI=1S/C19H18N.C10H9N3O2.Ir/c1-13(2)17-12-15-8-4-5-10-18(15)20-19(17)16-9-6-7-14(3)11-16;1-6-8(7-4-2-3-5-11-7)12-10(15)13-9(6)14;/h4-8,10-13H,1-3H3;2-5H,1H3,(H2,12,13,14,15);/q-1;;/p-1. The van der Waals surface area contributed by atoms with Crippen molar-refractivity contribution in [2.24, 2.45) is 0 Å². The second-order valence-corrected chi connectivity index (χ2v) is 8.61. The molecule has 1 radical (unpaired) electrons. The number of nitrogens with zero attached hydrogens (tertiary/aromatic N) is 3. The molecule has 0 amide bonds. The Morgan fingerprint density at radius 1 is 0.972 bits per heavy atom. The molecule has 6 nitrogen and oxygen atoms in total. The Morgan fingerprint density at radius 2 is 1.72 bits per heavy atom. The third kappa shape index (κ3) is 6.11. The average Bonchev–Trinajstić information content (AvgIpc) is 2.86. The van der Waals surface area contributed by atoms with E-state index in [0.717, 1.165) is 16.8 Å². The van der Waals surface area contributed by atoms with Crippen molar-refractivity contribution in [1.29, 1.82) is 0 Å². The third-order valence-electron chi connectivity index (χ3n) is 5.62. The van der Waals surface area contributed by atoms with Gasteiger partial charge in [0, 0.05) is 26.3 Å². The van der Waals surface area contributed by atoms with Gasteiger partial charge in [0.25, 0.3) is 0 Å². The van der Waals surface area contributed by atoms with Crippen LogP contribution in [0, 0.1) is 19.9 Å². The molecule has 5 aromatic rings. The van der Waals surface area contributed by atoms with Crippen molar-refractivity contribution in [1.82, 2.24) is 19.9 Å². The Morgan fingerprint density at radius 3 is 2.42 bits per heavy atom. The number of nitrogens with one attached hydrogen (secondary N) is 1. The number of benzene rings is 2. The van der Waals surface area contributed by atoms with Crippen molar-refractivity contribution in [2.75, 3.05) is 0 Å². The van der Waals surface area contributed by atoms with E-state index < -0.39 is 11.2 Å². The Hall–Kier alpha value is -3.67. The minimum atomic E-state index is -0.647. The average molecular weight is 655 g/mol. The van der Waals surface area contributed by atoms with E-state index in [9.17, 15) is 9.59 Å². The second-order valence-electron chi connectivity index (χ2n) is 8.61. The van der Waals surface area contributed by atoms with Crippen LogP contribution in [0.3, 0.4) is 0 Å². The molecule has 0 aliphatic carbocycles. The number of para-hydroxylation sites is 1. The first-order valence-corrected chi connectivity index (χ1v) is 11.4. The summed E-state index contributed by atoms with van der Waals surface area (Å²) in [5.41, 5.74) is 5.90. The molecule has 0 unspecified atom stereocenters. The van der Waals surface area contributed by atoms with Gasteiger partial charge in [0.1, 0.15) is 0 Å². The number of aryl methyl sites for hydroxylation is 1. The van der Waals surface area contributed by atoms with Crippen LogP contribution in [0.1, 0.15) is 36.5 Å². The van der Waals surface area contributed by atoms with Crippen LogP contribution in [0.15, 0.2) is 82.5 Å². The van der Waals surface area contributed by atoms with Gasteiger partial charge in [-0.2, -0.15) is 0 Å². The van der Waals surface area contributed by atoms with Crippen LogP contribution in [0.5, 0.6) is 0 Å². The maximum Gasteiger partial charge on any atom is 0.174 e. The molecule has 0 saturated heterocycles. The van der Waals surface area contributed by atoms with E-state index in [1.807, 2.05) is 12.1 Å². The first kappa shape index (κ1) is 26.9. The molecule has 3 aromatic heterocycles. The molecule has 0 spiro atoms. The summed E-state index contributed by atoms with van der Waals surface area (Å²) in [4.78, 5) is 37.1. The van der Waals surface area contributed by atoms with E-state index in [4.69, 9.17) is 4.98 Å². The zero-order valence-corrected chi connectivity index (χ0v) is 22.9. The zero-order valence-electron chi connectivity index (χ0n) is 20.5. The predicted molar refractivity (Wildman–Crippen MR) is 139 cm³/mol. The summed E-state index contributed by atoms with van der Waals surface area (Å²) in [5.74, 6) is 0.441. The SMILES string of the molecule is Cc1c(-c2ccccn2)[n-]c(=O)[nH]c1=O.Cc1cc[c-]c(-c2nc3ccccc3cc2C(C)C)c1.[Ir]. The predicted octanol–water partition coefficient (Wildman–Crippen LogP) is 5.19. The summed E-state index contributed by atoms with van der Waals surface area (Å²) in [6, 6.07) is 25.3. The molecule has 185 valence electrons. The number of pyridine rings is 2. The van der Waals surface area contributed by atoms with Gasteiger partial charge in [0.2, 0.25) is 0 Å². The van der Waals surface area contributed by atoms with Crippen LogP contribution < -0.4 is 16.2 Å². The van der Waals surface area contributed by atoms with Gasteiger partial charge in [0.05, 0.1) is 11.2 Å². The molecule has 7 heteroatoms. The molecule has 36 heavy (non-hydrogen) atoms.